The molecule has 0 aliphatic heterocycles. The quantitative estimate of drug-likeness (QED) is 0.745. The Morgan fingerprint density at radius 2 is 1.92 bits per heavy atom. The molecule has 0 unspecified atom stereocenters. The Morgan fingerprint density at radius 3 is 2.68 bits per heavy atom. The zero-order valence-corrected chi connectivity index (χ0v) is 14.1. The summed E-state index contributed by atoms with van der Waals surface area (Å²) in [6, 6.07) is 11.0. The van der Waals surface area contributed by atoms with Gasteiger partial charge < -0.3 is 15.2 Å². The van der Waals surface area contributed by atoms with Crippen molar-refractivity contribution in [2.24, 2.45) is 0 Å². The van der Waals surface area contributed by atoms with Crippen molar-refractivity contribution in [2.75, 3.05) is 5.32 Å². The van der Waals surface area contributed by atoms with Gasteiger partial charge >= 0.3 is 6.03 Å². The molecule has 128 valence electrons. The minimum atomic E-state index is -0.245. The molecule has 0 bridgehead atoms. The average Bonchev–Trinajstić information content (AvgIpc) is 3.05. The molecule has 0 spiro atoms. The predicted octanol–water partition coefficient (Wildman–Crippen LogP) is 3.25. The van der Waals surface area contributed by atoms with Crippen LogP contribution in [0, 0.1) is 0 Å². The molecule has 25 heavy (non-hydrogen) atoms. The van der Waals surface area contributed by atoms with Gasteiger partial charge in [0, 0.05) is 29.7 Å². The van der Waals surface area contributed by atoms with Crippen LogP contribution in [0.15, 0.2) is 53.3 Å². The molecule has 0 aliphatic rings. The number of nitrogens with one attached hydrogen (secondary N) is 2. The summed E-state index contributed by atoms with van der Waals surface area (Å²) in [6.45, 7) is 3.81. The summed E-state index contributed by atoms with van der Waals surface area (Å²) in [5, 5.41) is 9.65. The summed E-state index contributed by atoms with van der Waals surface area (Å²) in [6.07, 6.45) is 3.78. The number of carbonyl (C=O) groups is 1. The first kappa shape index (κ1) is 16.6. The minimum absolute atomic E-state index is 0.0611. The first-order valence-electron chi connectivity index (χ1n) is 8.00. The number of pyridine rings is 1. The molecule has 0 aliphatic carbocycles. The lowest BCUT2D eigenvalue weighted by Gasteiger charge is -2.12. The molecule has 2 amide bonds. The van der Waals surface area contributed by atoms with E-state index in [1.807, 2.05) is 50.2 Å². The second-order valence-electron chi connectivity index (χ2n) is 5.83. The molecule has 3 aromatic rings. The van der Waals surface area contributed by atoms with Crippen molar-refractivity contribution in [3.8, 4) is 11.4 Å². The van der Waals surface area contributed by atoms with Gasteiger partial charge in [-0.15, -0.1) is 0 Å². The second-order valence-corrected chi connectivity index (χ2v) is 5.83. The first-order valence-corrected chi connectivity index (χ1v) is 8.00. The normalized spacial score (nSPS) is 10.7. The monoisotopic (exact) mass is 337 g/mol. The molecule has 7 heteroatoms. The largest absolute Gasteiger partial charge is 0.339 e. The van der Waals surface area contributed by atoms with Crippen LogP contribution in [0.1, 0.15) is 25.3 Å². The highest BCUT2D eigenvalue weighted by Crippen LogP contribution is 2.20. The molecule has 1 aromatic carbocycles. The van der Waals surface area contributed by atoms with Crippen LogP contribution in [0.5, 0.6) is 0 Å². The summed E-state index contributed by atoms with van der Waals surface area (Å²) in [5.74, 6) is 0.991. The van der Waals surface area contributed by atoms with Gasteiger partial charge in [-0.1, -0.05) is 23.4 Å². The maximum absolute atomic E-state index is 11.9. The molecule has 2 aromatic heterocycles. The van der Waals surface area contributed by atoms with E-state index in [1.54, 1.807) is 12.4 Å². The van der Waals surface area contributed by atoms with E-state index in [0.29, 0.717) is 23.8 Å². The van der Waals surface area contributed by atoms with E-state index < -0.39 is 0 Å². The van der Waals surface area contributed by atoms with Crippen LogP contribution in [-0.4, -0.2) is 27.2 Å². The number of aromatic nitrogens is 3. The van der Waals surface area contributed by atoms with E-state index >= 15 is 0 Å². The van der Waals surface area contributed by atoms with Gasteiger partial charge in [-0.2, -0.15) is 4.98 Å². The highest BCUT2D eigenvalue weighted by molar-refractivity contribution is 5.90. The molecular formula is C18H19N5O2. The molecule has 2 heterocycles. The number of benzene rings is 1. The molecule has 0 radical (unpaired) electrons. The number of nitrogens with zero attached hydrogens (tertiary/aromatic N) is 3. The third kappa shape index (κ3) is 4.41. The van der Waals surface area contributed by atoms with Gasteiger partial charge in [0.25, 0.3) is 0 Å². The molecule has 0 saturated heterocycles. The number of urea groups is 1. The molecule has 0 saturated carbocycles. The number of para-hydroxylation sites is 1. The van der Waals surface area contributed by atoms with E-state index in [4.69, 9.17) is 4.52 Å². The van der Waals surface area contributed by atoms with Crippen molar-refractivity contribution in [3.05, 3.63) is 60.2 Å². The Hall–Kier alpha value is -3.22. The highest BCUT2D eigenvalue weighted by Gasteiger charge is 2.12. The van der Waals surface area contributed by atoms with Gasteiger partial charge in [0.15, 0.2) is 0 Å². The lowest BCUT2D eigenvalue weighted by Crippen LogP contribution is -2.34. The maximum atomic E-state index is 11.9. The molecule has 3 rings (SSSR count). The number of rotatable bonds is 5. The molecule has 0 atom stereocenters. The summed E-state index contributed by atoms with van der Waals surface area (Å²) >= 11 is 0. The van der Waals surface area contributed by atoms with Gasteiger partial charge in [-0.3, -0.25) is 4.98 Å². The maximum Gasteiger partial charge on any atom is 0.319 e. The number of amides is 2. The van der Waals surface area contributed by atoms with Crippen molar-refractivity contribution in [3.63, 3.8) is 0 Å². The molecule has 7 nitrogen and oxygen atoms in total. The van der Waals surface area contributed by atoms with E-state index in [2.05, 4.69) is 25.8 Å². The number of hydrogen-bond donors (Lipinski definition) is 2. The van der Waals surface area contributed by atoms with E-state index in [1.165, 1.54) is 0 Å². The standard InChI is InChI=1S/C18H19N5O2/c1-12(2)20-18(24)21-15-6-4-3-5-14(15)11-16-22-17(23-25-16)13-7-9-19-10-8-13/h3-10,12H,11H2,1-2H3,(H2,20,21,24). The second kappa shape index (κ2) is 7.57. The smallest absolute Gasteiger partial charge is 0.319 e. The lowest BCUT2D eigenvalue weighted by atomic mass is 10.1. The molecule has 2 N–H and O–H groups in total. The van der Waals surface area contributed by atoms with Crippen molar-refractivity contribution >= 4 is 11.7 Å². The van der Waals surface area contributed by atoms with Crippen molar-refractivity contribution in [2.45, 2.75) is 26.3 Å². The van der Waals surface area contributed by atoms with Gasteiger partial charge in [-0.25, -0.2) is 4.79 Å². The Labute approximate surface area is 145 Å². The highest BCUT2D eigenvalue weighted by atomic mass is 16.5. The van der Waals surface area contributed by atoms with Gasteiger partial charge in [0.1, 0.15) is 0 Å². The predicted molar refractivity (Wildman–Crippen MR) is 94.1 cm³/mol. The Balaban J connectivity index is 1.75. The van der Waals surface area contributed by atoms with E-state index in [0.717, 1.165) is 11.1 Å². The summed E-state index contributed by atoms with van der Waals surface area (Å²) in [7, 11) is 0. The van der Waals surface area contributed by atoms with Gasteiger partial charge in [0.2, 0.25) is 11.7 Å². The van der Waals surface area contributed by atoms with Crippen LogP contribution >= 0.6 is 0 Å². The van der Waals surface area contributed by atoms with E-state index in [9.17, 15) is 4.79 Å². The van der Waals surface area contributed by atoms with Crippen molar-refractivity contribution in [1.29, 1.82) is 0 Å². The summed E-state index contributed by atoms with van der Waals surface area (Å²) in [5.41, 5.74) is 2.45. The van der Waals surface area contributed by atoms with Crippen LogP contribution in [0.25, 0.3) is 11.4 Å². The minimum Gasteiger partial charge on any atom is -0.339 e. The number of hydrogen-bond acceptors (Lipinski definition) is 5. The van der Waals surface area contributed by atoms with Crippen LogP contribution in [0.2, 0.25) is 0 Å². The van der Waals surface area contributed by atoms with Crippen LogP contribution in [0.4, 0.5) is 10.5 Å². The summed E-state index contributed by atoms with van der Waals surface area (Å²) < 4.78 is 5.34. The average molecular weight is 337 g/mol. The zero-order valence-electron chi connectivity index (χ0n) is 14.1. The van der Waals surface area contributed by atoms with Gasteiger partial charge in [0.05, 0.1) is 6.42 Å². The first-order chi connectivity index (χ1) is 12.1. The lowest BCUT2D eigenvalue weighted by molar-refractivity contribution is 0.250. The zero-order chi connectivity index (χ0) is 17.6. The Bertz CT molecular complexity index is 845. The number of anilines is 1. The van der Waals surface area contributed by atoms with Crippen LogP contribution < -0.4 is 10.6 Å². The fraction of sp³-hybridized carbons (Fsp3) is 0.222. The molecule has 0 fully saturated rings. The molecular weight excluding hydrogens is 318 g/mol. The van der Waals surface area contributed by atoms with Crippen LogP contribution in [0.3, 0.4) is 0 Å². The summed E-state index contributed by atoms with van der Waals surface area (Å²) in [4.78, 5) is 20.3. The third-order valence-electron chi connectivity index (χ3n) is 3.43. The van der Waals surface area contributed by atoms with Crippen molar-refractivity contribution < 1.29 is 9.32 Å². The fourth-order valence-electron chi connectivity index (χ4n) is 2.32. The topological polar surface area (TPSA) is 92.9 Å². The fourth-order valence-corrected chi connectivity index (χ4v) is 2.32. The van der Waals surface area contributed by atoms with Crippen LogP contribution in [-0.2, 0) is 6.42 Å². The Morgan fingerprint density at radius 1 is 1.16 bits per heavy atom. The SMILES string of the molecule is CC(C)NC(=O)Nc1ccccc1Cc1nc(-c2ccncc2)no1. The van der Waals surface area contributed by atoms with Gasteiger partial charge in [-0.05, 0) is 37.6 Å². The number of carbonyl (C=O) groups excluding carboxylic acids is 1. The van der Waals surface area contributed by atoms with E-state index in [-0.39, 0.29) is 12.1 Å². The Kier molecular flexibility index (Phi) is 5.03. The third-order valence-corrected chi connectivity index (χ3v) is 3.43. The van der Waals surface area contributed by atoms with Crippen molar-refractivity contribution in [1.82, 2.24) is 20.4 Å².